The molecule has 0 saturated heterocycles. The smallest absolute Gasteiger partial charge is 0.255 e. The zero-order chi connectivity index (χ0) is 13.2. The van der Waals surface area contributed by atoms with E-state index in [9.17, 15) is 10.1 Å². The Labute approximate surface area is 120 Å². The largest absolute Gasteiger partial charge is 0.323 e. The van der Waals surface area contributed by atoms with Gasteiger partial charge in [0.25, 0.3) is 5.91 Å². The van der Waals surface area contributed by atoms with Crippen LogP contribution in [0.25, 0.3) is 0 Å². The highest BCUT2D eigenvalue weighted by molar-refractivity contribution is 9.11. The first-order valence-corrected chi connectivity index (χ1v) is 7.70. The summed E-state index contributed by atoms with van der Waals surface area (Å²) in [6.45, 7) is 0. The molecule has 0 bridgehead atoms. The second kappa shape index (κ2) is 5.41. The van der Waals surface area contributed by atoms with Crippen LogP contribution in [0.5, 0.6) is 0 Å². The van der Waals surface area contributed by atoms with Crippen LogP contribution in [0.15, 0.2) is 15.2 Å². The standard InChI is InChI=1S/C13H15BrN2OS/c1-16(12(17)10-7-11(14)18-8-10)13(9-15)5-3-2-4-6-13/h7-8H,2-6H2,1H3. The second-order valence-electron chi connectivity index (χ2n) is 4.71. The fourth-order valence-corrected chi connectivity index (χ4v) is 3.60. The number of hydrogen-bond acceptors (Lipinski definition) is 3. The van der Waals surface area contributed by atoms with E-state index in [1.165, 1.54) is 11.3 Å². The number of rotatable bonds is 2. The van der Waals surface area contributed by atoms with E-state index >= 15 is 0 Å². The summed E-state index contributed by atoms with van der Waals surface area (Å²) in [6, 6.07) is 4.19. The van der Waals surface area contributed by atoms with Crippen molar-refractivity contribution in [1.29, 1.82) is 5.26 Å². The average molecular weight is 327 g/mol. The third kappa shape index (κ3) is 2.45. The van der Waals surface area contributed by atoms with E-state index in [1.807, 2.05) is 11.4 Å². The Morgan fingerprint density at radius 1 is 1.50 bits per heavy atom. The van der Waals surface area contributed by atoms with Crippen molar-refractivity contribution >= 4 is 33.2 Å². The first kappa shape index (κ1) is 13.6. The summed E-state index contributed by atoms with van der Waals surface area (Å²) in [5, 5.41) is 11.3. The van der Waals surface area contributed by atoms with Gasteiger partial charge in [0, 0.05) is 12.4 Å². The van der Waals surface area contributed by atoms with Crippen molar-refractivity contribution in [3.05, 3.63) is 20.8 Å². The van der Waals surface area contributed by atoms with E-state index in [4.69, 9.17) is 0 Å². The highest BCUT2D eigenvalue weighted by Crippen LogP contribution is 2.34. The molecule has 0 unspecified atom stereocenters. The molecule has 1 aromatic heterocycles. The van der Waals surface area contributed by atoms with Crippen molar-refractivity contribution in [3.63, 3.8) is 0 Å². The SMILES string of the molecule is CN(C(=O)c1csc(Br)c1)C1(C#N)CCCCC1. The zero-order valence-corrected chi connectivity index (χ0v) is 12.7. The Morgan fingerprint density at radius 2 is 2.17 bits per heavy atom. The third-order valence-corrected chi connectivity index (χ3v) is 5.15. The van der Waals surface area contributed by atoms with E-state index in [0.717, 1.165) is 35.9 Å². The van der Waals surface area contributed by atoms with Crippen molar-refractivity contribution in [2.24, 2.45) is 0 Å². The monoisotopic (exact) mass is 326 g/mol. The first-order chi connectivity index (χ1) is 8.59. The topological polar surface area (TPSA) is 44.1 Å². The van der Waals surface area contributed by atoms with Crippen LogP contribution in [0.2, 0.25) is 0 Å². The number of nitriles is 1. The van der Waals surface area contributed by atoms with Gasteiger partial charge in [-0.25, -0.2) is 0 Å². The minimum absolute atomic E-state index is 0.0552. The summed E-state index contributed by atoms with van der Waals surface area (Å²) in [7, 11) is 1.75. The molecule has 1 aliphatic carbocycles. The molecule has 1 saturated carbocycles. The number of carbonyl (C=O) groups is 1. The second-order valence-corrected chi connectivity index (χ2v) is 7.00. The molecule has 0 spiro atoms. The molecular weight excluding hydrogens is 312 g/mol. The Bertz CT molecular complexity index is 485. The van der Waals surface area contributed by atoms with Crippen LogP contribution in [0.4, 0.5) is 0 Å². The Kier molecular flexibility index (Phi) is 4.08. The van der Waals surface area contributed by atoms with Gasteiger partial charge < -0.3 is 4.90 Å². The quantitative estimate of drug-likeness (QED) is 0.829. The molecule has 1 fully saturated rings. The Hall–Kier alpha value is -0.860. The average Bonchev–Trinajstić information content (AvgIpc) is 2.84. The summed E-state index contributed by atoms with van der Waals surface area (Å²) in [5.41, 5.74) is 0.0542. The number of amides is 1. The molecule has 3 nitrogen and oxygen atoms in total. The van der Waals surface area contributed by atoms with E-state index in [2.05, 4.69) is 22.0 Å². The van der Waals surface area contributed by atoms with E-state index in [-0.39, 0.29) is 5.91 Å². The van der Waals surface area contributed by atoms with Crippen LogP contribution < -0.4 is 0 Å². The van der Waals surface area contributed by atoms with E-state index in [0.29, 0.717) is 5.56 Å². The molecule has 1 aromatic rings. The minimum atomic E-state index is -0.607. The van der Waals surface area contributed by atoms with Gasteiger partial charge in [-0.2, -0.15) is 5.26 Å². The van der Waals surface area contributed by atoms with Gasteiger partial charge in [-0.05, 0) is 34.8 Å². The minimum Gasteiger partial charge on any atom is -0.323 e. The highest BCUT2D eigenvalue weighted by Gasteiger charge is 2.39. The fraction of sp³-hybridized carbons (Fsp3) is 0.538. The van der Waals surface area contributed by atoms with Crippen LogP contribution in [-0.4, -0.2) is 23.4 Å². The molecule has 18 heavy (non-hydrogen) atoms. The maximum atomic E-state index is 12.4. The lowest BCUT2D eigenvalue weighted by atomic mass is 9.81. The summed E-state index contributed by atoms with van der Waals surface area (Å²) in [4.78, 5) is 14.0. The van der Waals surface area contributed by atoms with Gasteiger partial charge >= 0.3 is 0 Å². The number of thiophene rings is 1. The van der Waals surface area contributed by atoms with Crippen LogP contribution in [0.1, 0.15) is 42.5 Å². The summed E-state index contributed by atoms with van der Waals surface area (Å²) in [6.07, 6.45) is 4.79. The first-order valence-electron chi connectivity index (χ1n) is 6.02. The highest BCUT2D eigenvalue weighted by atomic mass is 79.9. The van der Waals surface area contributed by atoms with Crippen LogP contribution in [0.3, 0.4) is 0 Å². The van der Waals surface area contributed by atoms with Crippen molar-refractivity contribution < 1.29 is 4.79 Å². The number of nitrogens with zero attached hydrogens (tertiary/aromatic N) is 2. The van der Waals surface area contributed by atoms with Crippen molar-refractivity contribution in [3.8, 4) is 6.07 Å². The van der Waals surface area contributed by atoms with E-state index < -0.39 is 5.54 Å². The molecular formula is C13H15BrN2OS. The van der Waals surface area contributed by atoms with Crippen LogP contribution >= 0.6 is 27.3 Å². The Balaban J connectivity index is 2.21. The summed E-state index contributed by atoms with van der Waals surface area (Å²) < 4.78 is 0.939. The van der Waals surface area contributed by atoms with Crippen LogP contribution in [-0.2, 0) is 0 Å². The number of hydrogen-bond donors (Lipinski definition) is 0. The maximum absolute atomic E-state index is 12.4. The van der Waals surface area contributed by atoms with Crippen molar-refractivity contribution in [1.82, 2.24) is 4.90 Å². The molecule has 0 atom stereocenters. The molecule has 1 aliphatic rings. The number of halogens is 1. The van der Waals surface area contributed by atoms with Gasteiger partial charge in [0.1, 0.15) is 5.54 Å². The van der Waals surface area contributed by atoms with Gasteiger partial charge in [-0.15, -0.1) is 11.3 Å². The summed E-state index contributed by atoms with van der Waals surface area (Å²) in [5.74, 6) is -0.0552. The van der Waals surface area contributed by atoms with Crippen molar-refractivity contribution in [2.75, 3.05) is 7.05 Å². The van der Waals surface area contributed by atoms with Gasteiger partial charge in [0.2, 0.25) is 0 Å². The molecule has 0 radical (unpaired) electrons. The van der Waals surface area contributed by atoms with Gasteiger partial charge in [-0.1, -0.05) is 19.3 Å². The predicted octanol–water partition coefficient (Wildman–Crippen LogP) is 3.81. The molecule has 0 N–H and O–H groups in total. The molecule has 5 heteroatoms. The fourth-order valence-electron chi connectivity index (χ4n) is 2.47. The predicted molar refractivity (Wildman–Crippen MR) is 75.5 cm³/mol. The van der Waals surface area contributed by atoms with E-state index in [1.54, 1.807) is 11.9 Å². The summed E-state index contributed by atoms with van der Waals surface area (Å²) >= 11 is 4.85. The van der Waals surface area contributed by atoms with Crippen LogP contribution in [0, 0.1) is 11.3 Å². The molecule has 1 heterocycles. The molecule has 96 valence electrons. The van der Waals surface area contributed by atoms with Gasteiger partial charge in [0.15, 0.2) is 0 Å². The lowest BCUT2D eigenvalue weighted by Crippen LogP contribution is -2.49. The Morgan fingerprint density at radius 3 is 2.67 bits per heavy atom. The lowest BCUT2D eigenvalue weighted by Gasteiger charge is -2.38. The molecule has 2 rings (SSSR count). The van der Waals surface area contributed by atoms with Gasteiger partial charge in [0.05, 0.1) is 15.4 Å². The normalized spacial score (nSPS) is 18.1. The third-order valence-electron chi connectivity index (χ3n) is 3.65. The zero-order valence-electron chi connectivity index (χ0n) is 10.3. The van der Waals surface area contributed by atoms with Crippen molar-refractivity contribution in [2.45, 2.75) is 37.6 Å². The van der Waals surface area contributed by atoms with Gasteiger partial charge in [-0.3, -0.25) is 4.79 Å². The molecule has 1 amide bonds. The lowest BCUT2D eigenvalue weighted by molar-refractivity contribution is 0.0589. The molecule has 0 aliphatic heterocycles. The maximum Gasteiger partial charge on any atom is 0.255 e. The molecule has 0 aromatic carbocycles. The number of carbonyl (C=O) groups excluding carboxylic acids is 1.